The number of piperidine rings is 1. The highest BCUT2D eigenvalue weighted by Gasteiger charge is 2.25. The third kappa shape index (κ3) is 3.05. The molecule has 7 heteroatoms. The van der Waals surface area contributed by atoms with E-state index in [1.165, 1.54) is 10.9 Å². The normalized spacial score (nSPS) is 17.8. The summed E-state index contributed by atoms with van der Waals surface area (Å²) in [6.07, 6.45) is 7.07. The van der Waals surface area contributed by atoms with Gasteiger partial charge < -0.3 is 4.90 Å². The average molecular weight is 337 g/mol. The van der Waals surface area contributed by atoms with Crippen molar-refractivity contribution in [1.29, 1.82) is 0 Å². The third-order valence-electron chi connectivity index (χ3n) is 4.69. The molecule has 2 aromatic heterocycles. The van der Waals surface area contributed by atoms with Crippen LogP contribution >= 0.6 is 0 Å². The van der Waals surface area contributed by atoms with Gasteiger partial charge in [-0.3, -0.25) is 18.8 Å². The maximum absolute atomic E-state index is 12.7. The van der Waals surface area contributed by atoms with Crippen LogP contribution < -0.4 is 5.56 Å². The Balaban J connectivity index is 1.52. The number of hydrogen-bond acceptors (Lipinski definition) is 4. The number of fused-ring (bicyclic) bond motifs is 1. The van der Waals surface area contributed by atoms with Gasteiger partial charge in [0.05, 0.1) is 23.3 Å². The molecule has 1 aliphatic heterocycles. The van der Waals surface area contributed by atoms with Gasteiger partial charge in [-0.2, -0.15) is 5.10 Å². The van der Waals surface area contributed by atoms with E-state index < -0.39 is 0 Å². The molecule has 1 aliphatic rings. The molecule has 3 aromatic rings. The predicted molar refractivity (Wildman–Crippen MR) is 93.1 cm³/mol. The van der Waals surface area contributed by atoms with Gasteiger partial charge in [0.25, 0.3) is 5.56 Å². The first kappa shape index (κ1) is 15.6. The Morgan fingerprint density at radius 3 is 2.96 bits per heavy atom. The van der Waals surface area contributed by atoms with Crippen molar-refractivity contribution >= 4 is 16.8 Å². The van der Waals surface area contributed by atoms with Crippen molar-refractivity contribution < 1.29 is 4.79 Å². The molecule has 25 heavy (non-hydrogen) atoms. The number of para-hydroxylation sites is 1. The van der Waals surface area contributed by atoms with Gasteiger partial charge >= 0.3 is 0 Å². The van der Waals surface area contributed by atoms with Crippen LogP contribution in [0, 0.1) is 0 Å². The van der Waals surface area contributed by atoms with Crippen molar-refractivity contribution in [1.82, 2.24) is 24.2 Å². The van der Waals surface area contributed by atoms with Gasteiger partial charge in [-0.1, -0.05) is 12.1 Å². The first-order valence-corrected chi connectivity index (χ1v) is 8.43. The van der Waals surface area contributed by atoms with Gasteiger partial charge in [0.1, 0.15) is 6.54 Å². The minimum absolute atomic E-state index is 0.0164. The van der Waals surface area contributed by atoms with E-state index >= 15 is 0 Å². The molecule has 0 N–H and O–H groups in total. The summed E-state index contributed by atoms with van der Waals surface area (Å²) in [6, 6.07) is 9.26. The molecule has 4 rings (SSSR count). The molecule has 128 valence electrons. The van der Waals surface area contributed by atoms with Gasteiger partial charge in [0.15, 0.2) is 0 Å². The number of carbonyl (C=O) groups excluding carboxylic acids is 1. The molecule has 0 radical (unpaired) electrons. The molecule has 3 heterocycles. The van der Waals surface area contributed by atoms with E-state index in [2.05, 4.69) is 10.1 Å². The van der Waals surface area contributed by atoms with Crippen molar-refractivity contribution in [3.8, 4) is 0 Å². The van der Waals surface area contributed by atoms with E-state index in [-0.39, 0.29) is 24.1 Å². The number of hydrogen-bond donors (Lipinski definition) is 0. The van der Waals surface area contributed by atoms with Crippen LogP contribution in [0.2, 0.25) is 0 Å². The van der Waals surface area contributed by atoms with E-state index in [1.807, 2.05) is 27.9 Å². The van der Waals surface area contributed by atoms with E-state index in [1.54, 1.807) is 24.4 Å². The molecule has 7 nitrogen and oxygen atoms in total. The molecule has 1 fully saturated rings. The fourth-order valence-electron chi connectivity index (χ4n) is 3.36. The quantitative estimate of drug-likeness (QED) is 0.725. The number of rotatable bonds is 3. The number of benzene rings is 1. The lowest BCUT2D eigenvalue weighted by Gasteiger charge is -2.33. The fourth-order valence-corrected chi connectivity index (χ4v) is 3.36. The summed E-state index contributed by atoms with van der Waals surface area (Å²) in [4.78, 5) is 31.3. The zero-order chi connectivity index (χ0) is 17.2. The standard InChI is InChI=1S/C18H19N5O2/c24-17(21-9-3-5-14(11-21)23-10-4-8-20-23)12-22-13-19-16-7-2-1-6-15(16)18(22)25/h1-2,4,6-8,10,13-14H,3,5,9,11-12H2/t14-/m1/s1. The Labute approximate surface area is 144 Å². The van der Waals surface area contributed by atoms with Crippen LogP contribution in [0.25, 0.3) is 10.9 Å². The largest absolute Gasteiger partial charge is 0.339 e. The lowest BCUT2D eigenvalue weighted by molar-refractivity contribution is -0.133. The summed E-state index contributed by atoms with van der Waals surface area (Å²) in [7, 11) is 0. The second kappa shape index (κ2) is 6.51. The monoisotopic (exact) mass is 337 g/mol. The van der Waals surface area contributed by atoms with Crippen molar-refractivity contribution in [3.05, 3.63) is 59.4 Å². The summed E-state index contributed by atoms with van der Waals surface area (Å²) >= 11 is 0. The van der Waals surface area contributed by atoms with Gasteiger partial charge in [0, 0.05) is 25.5 Å². The fraction of sp³-hybridized carbons (Fsp3) is 0.333. The maximum atomic E-state index is 12.7. The molecule has 1 atom stereocenters. The molecule has 0 spiro atoms. The zero-order valence-corrected chi connectivity index (χ0v) is 13.8. The molecular weight excluding hydrogens is 318 g/mol. The molecular formula is C18H19N5O2. The van der Waals surface area contributed by atoms with Crippen LogP contribution in [0.15, 0.2) is 53.8 Å². The maximum Gasteiger partial charge on any atom is 0.261 e. The third-order valence-corrected chi connectivity index (χ3v) is 4.69. The smallest absolute Gasteiger partial charge is 0.261 e. The van der Waals surface area contributed by atoms with Crippen LogP contribution in [0.5, 0.6) is 0 Å². The number of aromatic nitrogens is 4. The van der Waals surface area contributed by atoms with Crippen LogP contribution in [0.3, 0.4) is 0 Å². The summed E-state index contributed by atoms with van der Waals surface area (Å²) in [5.41, 5.74) is 0.465. The Hall–Kier alpha value is -2.96. The molecule has 0 unspecified atom stereocenters. The average Bonchev–Trinajstić information content (AvgIpc) is 3.19. The molecule has 1 saturated heterocycles. The van der Waals surface area contributed by atoms with Crippen molar-refractivity contribution in [2.45, 2.75) is 25.4 Å². The van der Waals surface area contributed by atoms with Gasteiger partial charge in [-0.05, 0) is 31.0 Å². The Morgan fingerprint density at radius 2 is 2.12 bits per heavy atom. The van der Waals surface area contributed by atoms with Crippen LogP contribution in [-0.2, 0) is 11.3 Å². The van der Waals surface area contributed by atoms with E-state index in [0.29, 0.717) is 24.0 Å². The number of likely N-dealkylation sites (tertiary alicyclic amines) is 1. The van der Waals surface area contributed by atoms with E-state index in [4.69, 9.17) is 0 Å². The minimum atomic E-state index is -0.181. The molecule has 0 bridgehead atoms. The Morgan fingerprint density at radius 1 is 1.24 bits per heavy atom. The number of nitrogens with zero attached hydrogens (tertiary/aromatic N) is 5. The lowest BCUT2D eigenvalue weighted by atomic mass is 10.1. The first-order chi connectivity index (χ1) is 12.2. The minimum Gasteiger partial charge on any atom is -0.339 e. The highest BCUT2D eigenvalue weighted by Crippen LogP contribution is 2.20. The zero-order valence-electron chi connectivity index (χ0n) is 13.8. The Kier molecular flexibility index (Phi) is 4.05. The van der Waals surface area contributed by atoms with Crippen LogP contribution in [0.4, 0.5) is 0 Å². The molecule has 0 saturated carbocycles. The highest BCUT2D eigenvalue weighted by atomic mass is 16.2. The second-order valence-corrected chi connectivity index (χ2v) is 6.32. The van der Waals surface area contributed by atoms with Gasteiger partial charge in [-0.25, -0.2) is 4.98 Å². The second-order valence-electron chi connectivity index (χ2n) is 6.32. The first-order valence-electron chi connectivity index (χ1n) is 8.43. The SMILES string of the molecule is O=C(Cn1cnc2ccccc2c1=O)N1CCC[C@@H](n2cccn2)C1. The predicted octanol–water partition coefficient (Wildman–Crippen LogP) is 1.46. The van der Waals surface area contributed by atoms with Crippen LogP contribution in [-0.4, -0.2) is 43.2 Å². The van der Waals surface area contributed by atoms with E-state index in [9.17, 15) is 9.59 Å². The highest BCUT2D eigenvalue weighted by molar-refractivity contribution is 5.79. The lowest BCUT2D eigenvalue weighted by Crippen LogP contribution is -2.43. The Bertz CT molecular complexity index is 948. The molecule has 1 amide bonds. The van der Waals surface area contributed by atoms with Crippen molar-refractivity contribution in [3.63, 3.8) is 0 Å². The van der Waals surface area contributed by atoms with Gasteiger partial charge in [-0.15, -0.1) is 0 Å². The van der Waals surface area contributed by atoms with Crippen LogP contribution in [0.1, 0.15) is 18.9 Å². The number of amides is 1. The summed E-state index contributed by atoms with van der Waals surface area (Å²) in [5, 5.41) is 4.81. The topological polar surface area (TPSA) is 73.0 Å². The van der Waals surface area contributed by atoms with Crippen molar-refractivity contribution in [2.75, 3.05) is 13.1 Å². The summed E-state index contributed by atoms with van der Waals surface area (Å²) in [5.74, 6) is -0.0592. The van der Waals surface area contributed by atoms with Gasteiger partial charge in [0.2, 0.25) is 5.91 Å². The van der Waals surface area contributed by atoms with E-state index in [0.717, 1.165) is 12.8 Å². The number of carbonyl (C=O) groups is 1. The summed E-state index contributed by atoms with van der Waals surface area (Å²) < 4.78 is 3.30. The molecule has 1 aromatic carbocycles. The van der Waals surface area contributed by atoms with Crippen molar-refractivity contribution in [2.24, 2.45) is 0 Å². The molecule has 0 aliphatic carbocycles. The summed E-state index contributed by atoms with van der Waals surface area (Å²) in [6.45, 7) is 1.35.